The molecule has 0 bridgehead atoms. The number of thiazole rings is 1. The van der Waals surface area contributed by atoms with E-state index in [1.807, 2.05) is 54.8 Å². The van der Waals surface area contributed by atoms with Crippen molar-refractivity contribution in [2.45, 2.75) is 25.5 Å². The molecule has 154 valence electrons. The van der Waals surface area contributed by atoms with Crippen molar-refractivity contribution >= 4 is 44.4 Å². The first-order valence-electron chi connectivity index (χ1n) is 9.45. The molecular weight excluding hydrogens is 418 g/mol. The summed E-state index contributed by atoms with van der Waals surface area (Å²) in [5.41, 5.74) is 2.93. The highest BCUT2D eigenvalue weighted by molar-refractivity contribution is 7.99. The van der Waals surface area contributed by atoms with Gasteiger partial charge in [0.05, 0.1) is 28.6 Å². The van der Waals surface area contributed by atoms with E-state index in [1.165, 1.54) is 28.7 Å². The van der Waals surface area contributed by atoms with E-state index >= 15 is 0 Å². The summed E-state index contributed by atoms with van der Waals surface area (Å²) in [5, 5.41) is 12.8. The van der Waals surface area contributed by atoms with Crippen molar-refractivity contribution in [3.8, 4) is 17.1 Å². The van der Waals surface area contributed by atoms with Crippen LogP contribution in [0.1, 0.15) is 12.5 Å². The smallest absolute Gasteiger partial charge is 0.236 e. The van der Waals surface area contributed by atoms with E-state index in [1.54, 1.807) is 7.11 Å². The summed E-state index contributed by atoms with van der Waals surface area (Å²) in [5.74, 6) is 1.55. The van der Waals surface area contributed by atoms with Gasteiger partial charge in [0, 0.05) is 6.54 Å². The molecule has 1 N–H and O–H groups in total. The summed E-state index contributed by atoms with van der Waals surface area (Å²) in [6.45, 7) is 4.74. The number of fused-ring (bicyclic) bond motifs is 1. The van der Waals surface area contributed by atoms with Crippen LogP contribution in [0.25, 0.3) is 21.6 Å². The second kappa shape index (κ2) is 8.85. The molecule has 0 atom stereocenters. The summed E-state index contributed by atoms with van der Waals surface area (Å²) in [6, 6.07) is 13.7. The van der Waals surface area contributed by atoms with Crippen molar-refractivity contribution < 1.29 is 9.53 Å². The Balaban J connectivity index is 1.46. The minimum atomic E-state index is -0.125. The molecule has 0 fully saturated rings. The number of nitrogens with zero attached hydrogens (tertiary/aromatic N) is 4. The fraction of sp³-hybridized carbons (Fsp3) is 0.238. The van der Waals surface area contributed by atoms with Crippen molar-refractivity contribution in [2.24, 2.45) is 0 Å². The molecule has 2 heterocycles. The second-order valence-electron chi connectivity index (χ2n) is 6.58. The highest BCUT2D eigenvalue weighted by Gasteiger charge is 2.17. The Labute approximate surface area is 182 Å². The van der Waals surface area contributed by atoms with Crippen molar-refractivity contribution in [3.05, 3.63) is 48.0 Å². The number of carbonyl (C=O) groups is 1. The van der Waals surface area contributed by atoms with Crippen LogP contribution in [-0.4, -0.2) is 38.5 Å². The molecule has 7 nitrogen and oxygen atoms in total. The summed E-state index contributed by atoms with van der Waals surface area (Å²) in [7, 11) is 1.63. The lowest BCUT2D eigenvalue weighted by molar-refractivity contribution is -0.113. The zero-order valence-corrected chi connectivity index (χ0v) is 18.5. The highest BCUT2D eigenvalue weighted by Crippen LogP contribution is 2.31. The molecule has 0 spiro atoms. The number of hydrogen-bond donors (Lipinski definition) is 1. The first-order chi connectivity index (χ1) is 14.6. The number of carbonyl (C=O) groups excluding carboxylic acids is 1. The molecule has 0 radical (unpaired) electrons. The Morgan fingerprint density at radius 1 is 1.23 bits per heavy atom. The molecule has 0 aliphatic rings. The Morgan fingerprint density at radius 3 is 2.87 bits per heavy atom. The topological polar surface area (TPSA) is 81.9 Å². The van der Waals surface area contributed by atoms with Crippen molar-refractivity contribution in [3.63, 3.8) is 0 Å². The third-order valence-corrected chi connectivity index (χ3v) is 6.40. The van der Waals surface area contributed by atoms with E-state index in [0.717, 1.165) is 27.4 Å². The molecule has 2 aromatic carbocycles. The first kappa shape index (κ1) is 20.4. The molecular formula is C21H21N5O2S2. The van der Waals surface area contributed by atoms with Gasteiger partial charge in [-0.05, 0) is 43.7 Å². The van der Waals surface area contributed by atoms with Gasteiger partial charge in [0.1, 0.15) is 5.75 Å². The monoisotopic (exact) mass is 439 g/mol. The Bertz CT molecular complexity index is 1200. The summed E-state index contributed by atoms with van der Waals surface area (Å²) in [4.78, 5) is 16.9. The first-order valence-corrected chi connectivity index (χ1v) is 11.3. The number of aryl methyl sites for hydroxylation is 1. The Hall–Kier alpha value is -2.91. The van der Waals surface area contributed by atoms with Crippen LogP contribution in [0.5, 0.6) is 5.75 Å². The number of hydrogen-bond acceptors (Lipinski definition) is 7. The van der Waals surface area contributed by atoms with Crippen LogP contribution in [0.15, 0.2) is 47.6 Å². The fourth-order valence-corrected chi connectivity index (χ4v) is 4.86. The van der Waals surface area contributed by atoms with Gasteiger partial charge in [0.15, 0.2) is 16.1 Å². The molecule has 0 unspecified atom stereocenters. The van der Waals surface area contributed by atoms with E-state index < -0.39 is 0 Å². The molecule has 4 aromatic rings. The van der Waals surface area contributed by atoms with Gasteiger partial charge in [-0.2, -0.15) is 0 Å². The van der Waals surface area contributed by atoms with E-state index in [-0.39, 0.29) is 11.7 Å². The molecule has 30 heavy (non-hydrogen) atoms. The maximum Gasteiger partial charge on any atom is 0.236 e. The van der Waals surface area contributed by atoms with Gasteiger partial charge in [-0.1, -0.05) is 41.3 Å². The summed E-state index contributed by atoms with van der Waals surface area (Å²) < 4.78 is 8.49. The fourth-order valence-electron chi connectivity index (χ4n) is 3.08. The van der Waals surface area contributed by atoms with Gasteiger partial charge in [0.25, 0.3) is 0 Å². The standard InChI is InChI=1S/C21H21N5O2S2/c1-4-26-19(14-7-5-6-8-16(14)28-3)24-25-21(26)29-12-18(27)23-20-22-15-10-9-13(2)11-17(15)30-20/h5-11H,4,12H2,1-3H3,(H,22,23,27). The van der Waals surface area contributed by atoms with Crippen LogP contribution in [0.4, 0.5) is 5.13 Å². The number of thioether (sulfide) groups is 1. The maximum absolute atomic E-state index is 12.5. The number of methoxy groups -OCH3 is 1. The zero-order valence-electron chi connectivity index (χ0n) is 16.9. The highest BCUT2D eigenvalue weighted by atomic mass is 32.2. The van der Waals surface area contributed by atoms with Crippen molar-refractivity contribution in [1.82, 2.24) is 19.7 Å². The molecule has 0 aliphatic carbocycles. The number of benzene rings is 2. The number of aromatic nitrogens is 4. The number of amides is 1. The molecule has 2 aromatic heterocycles. The lowest BCUT2D eigenvalue weighted by Gasteiger charge is -2.10. The third kappa shape index (κ3) is 4.17. The minimum absolute atomic E-state index is 0.125. The molecule has 0 saturated carbocycles. The van der Waals surface area contributed by atoms with Crippen LogP contribution in [0, 0.1) is 6.92 Å². The molecule has 0 saturated heterocycles. The van der Waals surface area contributed by atoms with Crippen molar-refractivity contribution in [2.75, 3.05) is 18.2 Å². The van der Waals surface area contributed by atoms with Crippen LogP contribution >= 0.6 is 23.1 Å². The van der Waals surface area contributed by atoms with Gasteiger partial charge in [-0.15, -0.1) is 10.2 Å². The quantitative estimate of drug-likeness (QED) is 0.423. The van der Waals surface area contributed by atoms with E-state index in [0.29, 0.717) is 16.8 Å². The van der Waals surface area contributed by atoms with Gasteiger partial charge < -0.3 is 14.6 Å². The Kier molecular flexibility index (Phi) is 6.01. The normalized spacial score (nSPS) is 11.0. The number of nitrogens with one attached hydrogen (secondary N) is 1. The van der Waals surface area contributed by atoms with E-state index in [9.17, 15) is 4.79 Å². The largest absolute Gasteiger partial charge is 0.496 e. The number of anilines is 1. The van der Waals surface area contributed by atoms with Crippen molar-refractivity contribution in [1.29, 1.82) is 0 Å². The second-order valence-corrected chi connectivity index (χ2v) is 8.55. The zero-order chi connectivity index (χ0) is 21.1. The predicted molar refractivity (Wildman–Crippen MR) is 121 cm³/mol. The van der Waals surface area contributed by atoms with Crippen LogP contribution in [0.3, 0.4) is 0 Å². The van der Waals surface area contributed by atoms with Crippen LogP contribution in [0.2, 0.25) is 0 Å². The third-order valence-electron chi connectivity index (χ3n) is 4.50. The van der Waals surface area contributed by atoms with Crippen LogP contribution < -0.4 is 10.1 Å². The van der Waals surface area contributed by atoms with Gasteiger partial charge in [-0.25, -0.2) is 4.98 Å². The maximum atomic E-state index is 12.5. The molecule has 1 amide bonds. The van der Waals surface area contributed by atoms with Gasteiger partial charge >= 0.3 is 0 Å². The average Bonchev–Trinajstić information content (AvgIpc) is 3.34. The lowest BCUT2D eigenvalue weighted by atomic mass is 10.2. The number of ether oxygens (including phenoxy) is 1. The number of para-hydroxylation sites is 1. The summed E-state index contributed by atoms with van der Waals surface area (Å²) >= 11 is 2.83. The molecule has 9 heteroatoms. The Morgan fingerprint density at radius 2 is 2.07 bits per heavy atom. The molecule has 0 aliphatic heterocycles. The van der Waals surface area contributed by atoms with Gasteiger partial charge in [0.2, 0.25) is 5.91 Å². The van der Waals surface area contributed by atoms with Crippen LogP contribution in [-0.2, 0) is 11.3 Å². The number of rotatable bonds is 7. The lowest BCUT2D eigenvalue weighted by Crippen LogP contribution is -2.14. The van der Waals surface area contributed by atoms with Gasteiger partial charge in [-0.3, -0.25) is 4.79 Å². The predicted octanol–water partition coefficient (Wildman–Crippen LogP) is 4.62. The van der Waals surface area contributed by atoms with E-state index in [2.05, 4.69) is 26.6 Å². The average molecular weight is 440 g/mol. The SMILES string of the molecule is CCn1c(SCC(=O)Nc2nc3ccc(C)cc3s2)nnc1-c1ccccc1OC. The van der Waals surface area contributed by atoms with E-state index in [4.69, 9.17) is 4.74 Å². The minimum Gasteiger partial charge on any atom is -0.496 e. The molecule has 4 rings (SSSR count). The summed E-state index contributed by atoms with van der Waals surface area (Å²) in [6.07, 6.45) is 0.